The van der Waals surface area contributed by atoms with Crippen molar-refractivity contribution in [2.24, 2.45) is 10.8 Å². The maximum Gasteiger partial charge on any atom is 0.187 e. The van der Waals surface area contributed by atoms with Crippen molar-refractivity contribution in [1.82, 2.24) is 0 Å². The van der Waals surface area contributed by atoms with E-state index in [0.29, 0.717) is 18.4 Å². The van der Waals surface area contributed by atoms with Crippen LogP contribution in [0.25, 0.3) is 0 Å². The molecule has 0 saturated heterocycles. The van der Waals surface area contributed by atoms with E-state index >= 15 is 0 Å². The maximum absolute atomic E-state index is 12.2. The van der Waals surface area contributed by atoms with Crippen LogP contribution in [0.5, 0.6) is 0 Å². The standard InChI is InChI=1S/C40H54O4/c1-27(17-13-19-29(3)21-23-33-31(5)37(43)35(41)25-39(33,7)8)15-11-12-16-28(2)18-14-20-30(4)22-24-34-32(6)38(44)36(42)26-40(34,9)10/h11-24,35-37,41-43H,25-26H2,1-10H3/b12-11+,17-13-,18-14-,23-21+,24-22+,27-15+,28-16-,29-19-,30-20-. The first kappa shape index (κ1) is 36.9. The summed E-state index contributed by atoms with van der Waals surface area (Å²) < 4.78 is 0. The van der Waals surface area contributed by atoms with Gasteiger partial charge in [-0.15, -0.1) is 0 Å². The van der Waals surface area contributed by atoms with E-state index in [9.17, 15) is 20.1 Å². The summed E-state index contributed by atoms with van der Waals surface area (Å²) in [6, 6.07) is 0. The fourth-order valence-electron chi connectivity index (χ4n) is 5.78. The zero-order chi connectivity index (χ0) is 33.2. The second-order valence-corrected chi connectivity index (χ2v) is 13.6. The molecule has 0 amide bonds. The number of aliphatic hydroxyl groups is 3. The minimum atomic E-state index is -0.905. The SMILES string of the molecule is CC1=C(/C=C/C(C)=C\C=C/C(C)=C\C=C\C=C(C)\C=C/C=C(C)\C=C\C2=C(C)C(O)C(O)CC2(C)C)C(C)(C)CC(O)C1=O. The van der Waals surface area contributed by atoms with Gasteiger partial charge in [-0.3, -0.25) is 4.79 Å². The number of hydrogen-bond donors (Lipinski definition) is 3. The van der Waals surface area contributed by atoms with Gasteiger partial charge in [0.1, 0.15) is 12.2 Å². The lowest BCUT2D eigenvalue weighted by Crippen LogP contribution is -2.38. The number of hydrogen-bond acceptors (Lipinski definition) is 4. The third-order valence-electron chi connectivity index (χ3n) is 8.48. The molecule has 3 N–H and O–H groups in total. The molecule has 2 aliphatic carbocycles. The molecule has 2 aliphatic rings. The van der Waals surface area contributed by atoms with Gasteiger partial charge in [-0.1, -0.05) is 135 Å². The molecule has 2 rings (SSSR count). The molecule has 0 aromatic heterocycles. The molecule has 0 aromatic carbocycles. The largest absolute Gasteiger partial charge is 0.390 e. The molecular weight excluding hydrogens is 544 g/mol. The van der Waals surface area contributed by atoms with Gasteiger partial charge in [0.05, 0.1) is 6.10 Å². The van der Waals surface area contributed by atoms with E-state index < -0.39 is 18.3 Å². The highest BCUT2D eigenvalue weighted by Crippen LogP contribution is 2.41. The molecule has 3 atom stereocenters. The van der Waals surface area contributed by atoms with Crippen LogP contribution in [-0.2, 0) is 4.79 Å². The number of carbonyl (C=O) groups excluding carboxylic acids is 1. The van der Waals surface area contributed by atoms with Crippen LogP contribution in [0.2, 0.25) is 0 Å². The van der Waals surface area contributed by atoms with Crippen LogP contribution in [0.15, 0.2) is 130 Å². The van der Waals surface area contributed by atoms with E-state index in [1.54, 1.807) is 6.92 Å². The van der Waals surface area contributed by atoms with Gasteiger partial charge in [0, 0.05) is 0 Å². The lowest BCUT2D eigenvalue weighted by atomic mass is 9.70. The van der Waals surface area contributed by atoms with Crippen LogP contribution in [0.4, 0.5) is 0 Å². The van der Waals surface area contributed by atoms with Crippen LogP contribution in [0.1, 0.15) is 82.1 Å². The molecule has 4 heteroatoms. The molecule has 0 heterocycles. The van der Waals surface area contributed by atoms with Gasteiger partial charge in [-0.2, -0.15) is 0 Å². The highest BCUT2D eigenvalue weighted by atomic mass is 16.3. The second kappa shape index (κ2) is 16.1. The van der Waals surface area contributed by atoms with Gasteiger partial charge in [-0.25, -0.2) is 0 Å². The third-order valence-corrected chi connectivity index (χ3v) is 8.48. The third kappa shape index (κ3) is 10.7. The predicted molar refractivity (Wildman–Crippen MR) is 186 cm³/mol. The molecule has 3 unspecified atom stereocenters. The quantitative estimate of drug-likeness (QED) is 0.220. The molecule has 238 valence electrons. The van der Waals surface area contributed by atoms with Crippen LogP contribution in [0, 0.1) is 10.8 Å². The molecular formula is C40H54O4. The summed E-state index contributed by atoms with van der Waals surface area (Å²) in [5.74, 6) is -0.173. The normalized spacial score (nSPS) is 26.2. The Morgan fingerprint density at radius 3 is 1.55 bits per heavy atom. The lowest BCUT2D eigenvalue weighted by Gasteiger charge is -2.38. The molecule has 0 aliphatic heterocycles. The molecule has 0 saturated carbocycles. The van der Waals surface area contributed by atoms with E-state index in [4.69, 9.17) is 0 Å². The topological polar surface area (TPSA) is 77.8 Å². The first-order valence-electron chi connectivity index (χ1n) is 15.5. The minimum absolute atomic E-state index is 0.173. The average Bonchev–Trinajstić information content (AvgIpc) is 2.92. The Morgan fingerprint density at radius 2 is 1.05 bits per heavy atom. The predicted octanol–water partition coefficient (Wildman–Crippen LogP) is 8.70. The summed E-state index contributed by atoms with van der Waals surface area (Å²) in [5, 5.41) is 30.4. The maximum atomic E-state index is 12.2. The van der Waals surface area contributed by atoms with E-state index in [1.807, 2.05) is 56.4 Å². The van der Waals surface area contributed by atoms with Crippen LogP contribution in [-0.4, -0.2) is 39.4 Å². The molecule has 44 heavy (non-hydrogen) atoms. The van der Waals surface area contributed by atoms with Crippen molar-refractivity contribution >= 4 is 5.78 Å². The lowest BCUT2D eigenvalue weighted by molar-refractivity contribution is -0.125. The Labute approximate surface area is 266 Å². The van der Waals surface area contributed by atoms with E-state index in [0.717, 1.165) is 39.0 Å². The van der Waals surface area contributed by atoms with Crippen molar-refractivity contribution in [1.29, 1.82) is 0 Å². The highest BCUT2D eigenvalue weighted by molar-refractivity contribution is 6.00. The average molecular weight is 599 g/mol. The Morgan fingerprint density at radius 1 is 0.636 bits per heavy atom. The summed E-state index contributed by atoms with van der Waals surface area (Å²) in [6.07, 6.45) is 27.2. The first-order valence-corrected chi connectivity index (χ1v) is 15.5. The Balaban J connectivity index is 1.95. The number of carbonyl (C=O) groups is 1. The number of ketones is 1. The van der Waals surface area contributed by atoms with Gasteiger partial charge in [0.15, 0.2) is 5.78 Å². The fourth-order valence-corrected chi connectivity index (χ4v) is 5.78. The van der Waals surface area contributed by atoms with Crippen molar-refractivity contribution in [3.63, 3.8) is 0 Å². The van der Waals surface area contributed by atoms with Crippen molar-refractivity contribution in [2.75, 3.05) is 0 Å². The first-order chi connectivity index (χ1) is 20.5. The molecule has 0 bridgehead atoms. The summed E-state index contributed by atoms with van der Waals surface area (Å²) in [7, 11) is 0. The van der Waals surface area contributed by atoms with Crippen LogP contribution >= 0.6 is 0 Å². The summed E-state index contributed by atoms with van der Waals surface area (Å²) >= 11 is 0. The molecule has 4 nitrogen and oxygen atoms in total. The van der Waals surface area contributed by atoms with Crippen molar-refractivity contribution < 1.29 is 20.1 Å². The second-order valence-electron chi connectivity index (χ2n) is 13.6. The molecule has 0 fully saturated rings. The zero-order valence-electron chi connectivity index (χ0n) is 28.5. The highest BCUT2D eigenvalue weighted by Gasteiger charge is 2.37. The summed E-state index contributed by atoms with van der Waals surface area (Å²) in [4.78, 5) is 12.2. The van der Waals surface area contributed by atoms with Crippen molar-refractivity contribution in [3.05, 3.63) is 130 Å². The smallest absolute Gasteiger partial charge is 0.187 e. The van der Waals surface area contributed by atoms with Gasteiger partial charge < -0.3 is 15.3 Å². The zero-order valence-corrected chi connectivity index (χ0v) is 28.5. The monoisotopic (exact) mass is 598 g/mol. The van der Waals surface area contributed by atoms with E-state index in [2.05, 4.69) is 91.0 Å². The van der Waals surface area contributed by atoms with Crippen molar-refractivity contribution in [3.8, 4) is 0 Å². The summed E-state index contributed by atoms with van der Waals surface area (Å²) in [6.45, 7) is 20.2. The van der Waals surface area contributed by atoms with Gasteiger partial charge in [0.25, 0.3) is 0 Å². The van der Waals surface area contributed by atoms with Crippen molar-refractivity contribution in [2.45, 2.75) is 100 Å². The van der Waals surface area contributed by atoms with E-state index in [1.165, 1.54) is 0 Å². The van der Waals surface area contributed by atoms with Gasteiger partial charge in [0.2, 0.25) is 0 Å². The number of allylic oxidation sites excluding steroid dienone is 20. The van der Waals surface area contributed by atoms with Gasteiger partial charge in [-0.05, 0) is 87.5 Å². The minimum Gasteiger partial charge on any atom is -0.390 e. The molecule has 0 radical (unpaired) electrons. The molecule has 0 aromatic rings. The fraction of sp³-hybridized carbons (Fsp3) is 0.425. The molecule has 0 spiro atoms. The summed E-state index contributed by atoms with van der Waals surface area (Å²) in [5.41, 5.74) is 7.57. The number of rotatable bonds is 10. The van der Waals surface area contributed by atoms with Crippen LogP contribution < -0.4 is 0 Å². The Kier molecular flexibility index (Phi) is 13.5. The Hall–Kier alpha value is -3.31. The van der Waals surface area contributed by atoms with Crippen LogP contribution in [0.3, 0.4) is 0 Å². The number of aliphatic hydroxyl groups excluding tert-OH is 3. The number of Topliss-reactive ketones (excluding diaryl/α,β-unsaturated/α-hetero) is 1. The Bertz CT molecular complexity index is 1410. The van der Waals surface area contributed by atoms with E-state index in [-0.39, 0.29) is 16.6 Å². The van der Waals surface area contributed by atoms with Gasteiger partial charge >= 0.3 is 0 Å².